The Bertz CT molecular complexity index is 774. The largest absolute Gasteiger partial charge is 0.426 e. The molecule has 0 unspecified atom stereocenters. The number of fused-ring (bicyclic) bond motifs is 1. The fourth-order valence-corrected chi connectivity index (χ4v) is 4.10. The van der Waals surface area contributed by atoms with Gasteiger partial charge in [-0.25, -0.2) is 0 Å². The van der Waals surface area contributed by atoms with Crippen molar-refractivity contribution in [3.8, 4) is 0 Å². The molecular formula is C20H25N3O3. The van der Waals surface area contributed by atoms with E-state index in [1.54, 1.807) is 6.92 Å². The van der Waals surface area contributed by atoms with Gasteiger partial charge in [0.1, 0.15) is 0 Å². The second-order valence-corrected chi connectivity index (χ2v) is 7.44. The summed E-state index contributed by atoms with van der Waals surface area (Å²) in [5.74, 6) is 1.88. The number of nitrogens with zero attached hydrogens (tertiary/aromatic N) is 3. The normalized spacial score (nSPS) is 24.8. The Kier molecular flexibility index (Phi) is 4.76. The Balaban J connectivity index is 1.26. The minimum atomic E-state index is 0.120. The Hall–Kier alpha value is -2.21. The van der Waals surface area contributed by atoms with Crippen molar-refractivity contribution in [2.24, 2.45) is 5.92 Å². The predicted octanol–water partition coefficient (Wildman–Crippen LogP) is 2.48. The fraction of sp³-hybridized carbons (Fsp3) is 0.550. The smallest absolute Gasteiger partial charge is 0.223 e. The lowest BCUT2D eigenvalue weighted by atomic mass is 10.0. The Morgan fingerprint density at radius 2 is 2.08 bits per heavy atom. The summed E-state index contributed by atoms with van der Waals surface area (Å²) < 4.78 is 11.6. The number of carbonyl (C=O) groups excluding carboxylic acids is 1. The summed E-state index contributed by atoms with van der Waals surface area (Å²) >= 11 is 0. The van der Waals surface area contributed by atoms with Crippen molar-refractivity contribution in [1.82, 2.24) is 15.1 Å². The highest BCUT2D eigenvalue weighted by molar-refractivity contribution is 5.77. The maximum Gasteiger partial charge on any atom is 0.223 e. The lowest BCUT2D eigenvalue weighted by Gasteiger charge is -2.19. The highest BCUT2D eigenvalue weighted by Crippen LogP contribution is 2.34. The summed E-state index contributed by atoms with van der Waals surface area (Å²) in [6, 6.07) is 8.27. The van der Waals surface area contributed by atoms with Gasteiger partial charge in [-0.1, -0.05) is 24.3 Å². The van der Waals surface area contributed by atoms with Crippen molar-refractivity contribution in [1.29, 1.82) is 0 Å². The van der Waals surface area contributed by atoms with E-state index in [9.17, 15) is 4.79 Å². The summed E-state index contributed by atoms with van der Waals surface area (Å²) in [5, 5.41) is 7.91. The van der Waals surface area contributed by atoms with Gasteiger partial charge in [0.2, 0.25) is 17.7 Å². The molecule has 1 amide bonds. The molecule has 6 heteroatoms. The van der Waals surface area contributed by atoms with Crippen molar-refractivity contribution in [2.75, 3.05) is 13.1 Å². The number of carbonyl (C=O) groups is 1. The van der Waals surface area contributed by atoms with Gasteiger partial charge in [-0.15, -0.1) is 10.2 Å². The van der Waals surface area contributed by atoms with Gasteiger partial charge in [0.25, 0.3) is 0 Å². The highest BCUT2D eigenvalue weighted by atomic mass is 16.5. The molecule has 0 aliphatic carbocycles. The van der Waals surface area contributed by atoms with E-state index in [0.717, 1.165) is 19.4 Å². The molecule has 2 saturated heterocycles. The van der Waals surface area contributed by atoms with E-state index < -0.39 is 0 Å². The number of aromatic nitrogens is 2. The molecule has 2 aromatic rings. The van der Waals surface area contributed by atoms with E-state index in [2.05, 4.69) is 29.3 Å². The van der Waals surface area contributed by atoms with Crippen LogP contribution < -0.4 is 0 Å². The van der Waals surface area contributed by atoms with E-state index in [1.807, 2.05) is 17.0 Å². The number of ether oxygens (including phenoxy) is 1. The molecule has 2 aliphatic rings. The first-order valence-corrected chi connectivity index (χ1v) is 9.35. The molecule has 3 atom stereocenters. The van der Waals surface area contributed by atoms with E-state index in [1.165, 1.54) is 11.1 Å². The molecule has 1 aromatic heterocycles. The van der Waals surface area contributed by atoms with Crippen LogP contribution in [-0.4, -0.2) is 46.3 Å². The van der Waals surface area contributed by atoms with Crippen LogP contribution in [0.1, 0.15) is 35.7 Å². The van der Waals surface area contributed by atoms with Crippen LogP contribution in [0.25, 0.3) is 0 Å². The Morgan fingerprint density at radius 3 is 2.81 bits per heavy atom. The molecule has 26 heavy (non-hydrogen) atoms. The maximum absolute atomic E-state index is 12.6. The number of rotatable bonds is 5. The van der Waals surface area contributed by atoms with E-state index in [4.69, 9.17) is 9.15 Å². The first-order chi connectivity index (χ1) is 12.6. The lowest BCUT2D eigenvalue weighted by Crippen LogP contribution is -2.31. The standard InChI is InChI=1S/C20H25N3O3/c1-13-5-3-4-6-15(13)7-8-20(24)23-11-16-9-17(26-18(16)12-23)10-19-22-21-14(2)25-19/h3-6,16-18H,7-12H2,1-2H3/t16-,17+,18+/m0/s1. The summed E-state index contributed by atoms with van der Waals surface area (Å²) in [6.45, 7) is 5.40. The Labute approximate surface area is 153 Å². The molecular weight excluding hydrogens is 330 g/mol. The van der Waals surface area contributed by atoms with Gasteiger partial charge < -0.3 is 14.1 Å². The zero-order valence-electron chi connectivity index (χ0n) is 15.4. The van der Waals surface area contributed by atoms with Crippen LogP contribution >= 0.6 is 0 Å². The molecule has 3 heterocycles. The first kappa shape index (κ1) is 17.2. The fourth-order valence-electron chi connectivity index (χ4n) is 4.10. The van der Waals surface area contributed by atoms with Crippen molar-refractivity contribution in [3.63, 3.8) is 0 Å². The molecule has 0 radical (unpaired) electrons. The molecule has 6 nitrogen and oxygen atoms in total. The summed E-state index contributed by atoms with van der Waals surface area (Å²) in [4.78, 5) is 14.5. The second kappa shape index (κ2) is 7.19. The number of likely N-dealkylation sites (tertiary alicyclic amines) is 1. The quantitative estimate of drug-likeness (QED) is 0.824. The molecule has 2 fully saturated rings. The highest BCUT2D eigenvalue weighted by Gasteiger charge is 2.43. The van der Waals surface area contributed by atoms with Crippen LogP contribution in [0.5, 0.6) is 0 Å². The molecule has 1 aromatic carbocycles. The van der Waals surface area contributed by atoms with Crippen molar-refractivity contribution in [2.45, 2.75) is 51.7 Å². The average molecular weight is 355 g/mol. The average Bonchev–Trinajstić information content (AvgIpc) is 3.29. The third-order valence-electron chi connectivity index (χ3n) is 5.51. The van der Waals surface area contributed by atoms with Gasteiger partial charge in [0.05, 0.1) is 18.6 Å². The molecule has 2 aliphatic heterocycles. The molecule has 0 bridgehead atoms. The molecule has 4 rings (SSSR count). The van der Waals surface area contributed by atoms with Gasteiger partial charge in [-0.2, -0.15) is 0 Å². The topological polar surface area (TPSA) is 68.5 Å². The number of hydrogen-bond donors (Lipinski definition) is 0. The number of aryl methyl sites for hydroxylation is 3. The van der Waals surface area contributed by atoms with Crippen LogP contribution in [0.15, 0.2) is 28.7 Å². The van der Waals surface area contributed by atoms with E-state index >= 15 is 0 Å². The van der Waals surface area contributed by atoms with Crippen LogP contribution in [0, 0.1) is 19.8 Å². The third kappa shape index (κ3) is 3.65. The molecule has 0 N–H and O–H groups in total. The van der Waals surface area contributed by atoms with Gasteiger partial charge in [-0.05, 0) is 30.9 Å². The third-order valence-corrected chi connectivity index (χ3v) is 5.51. The maximum atomic E-state index is 12.6. The zero-order valence-corrected chi connectivity index (χ0v) is 15.4. The van der Waals surface area contributed by atoms with Gasteiger partial charge in [-0.3, -0.25) is 4.79 Å². The predicted molar refractivity (Wildman–Crippen MR) is 95.6 cm³/mol. The zero-order chi connectivity index (χ0) is 18.1. The van der Waals surface area contributed by atoms with E-state index in [0.29, 0.717) is 37.1 Å². The minimum Gasteiger partial charge on any atom is -0.426 e. The van der Waals surface area contributed by atoms with Crippen molar-refractivity contribution in [3.05, 3.63) is 47.2 Å². The summed E-state index contributed by atoms with van der Waals surface area (Å²) in [5.41, 5.74) is 2.51. The SMILES string of the molecule is Cc1nnc(C[C@H]2C[C@H]3CN(C(=O)CCc4ccccc4C)C[C@H]3O2)o1. The summed E-state index contributed by atoms with van der Waals surface area (Å²) in [6.07, 6.45) is 3.25. The number of hydrogen-bond acceptors (Lipinski definition) is 5. The van der Waals surface area contributed by atoms with Crippen LogP contribution in [-0.2, 0) is 22.4 Å². The Morgan fingerprint density at radius 1 is 1.23 bits per heavy atom. The van der Waals surface area contributed by atoms with Gasteiger partial charge in [0.15, 0.2) is 0 Å². The molecule has 0 saturated carbocycles. The van der Waals surface area contributed by atoms with Crippen LogP contribution in [0.2, 0.25) is 0 Å². The number of benzene rings is 1. The second-order valence-electron chi connectivity index (χ2n) is 7.44. The first-order valence-electron chi connectivity index (χ1n) is 9.35. The van der Waals surface area contributed by atoms with Gasteiger partial charge >= 0.3 is 0 Å². The molecule has 138 valence electrons. The van der Waals surface area contributed by atoms with Crippen molar-refractivity contribution < 1.29 is 13.9 Å². The summed E-state index contributed by atoms with van der Waals surface area (Å²) in [7, 11) is 0. The lowest BCUT2D eigenvalue weighted by molar-refractivity contribution is -0.131. The molecule has 0 spiro atoms. The number of amides is 1. The van der Waals surface area contributed by atoms with E-state index in [-0.39, 0.29) is 18.1 Å². The van der Waals surface area contributed by atoms with Gasteiger partial charge in [0, 0.05) is 32.4 Å². The van der Waals surface area contributed by atoms with Crippen molar-refractivity contribution >= 4 is 5.91 Å². The van der Waals surface area contributed by atoms with Crippen LogP contribution in [0.4, 0.5) is 0 Å². The van der Waals surface area contributed by atoms with Crippen LogP contribution in [0.3, 0.4) is 0 Å². The minimum absolute atomic E-state index is 0.120. The monoisotopic (exact) mass is 355 g/mol.